The summed E-state index contributed by atoms with van der Waals surface area (Å²) in [6, 6.07) is 13.0. The van der Waals surface area contributed by atoms with Crippen molar-refractivity contribution in [3.8, 4) is 5.75 Å². The first-order valence-corrected chi connectivity index (χ1v) is 8.88. The van der Waals surface area contributed by atoms with Crippen LogP contribution in [0.4, 0.5) is 5.69 Å². The van der Waals surface area contributed by atoms with Gasteiger partial charge in [0.15, 0.2) is 0 Å². The lowest BCUT2D eigenvalue weighted by Gasteiger charge is -2.18. The van der Waals surface area contributed by atoms with Crippen molar-refractivity contribution < 1.29 is 14.3 Å². The molecule has 1 atom stereocenters. The van der Waals surface area contributed by atoms with Gasteiger partial charge in [-0.05, 0) is 57.2 Å². The van der Waals surface area contributed by atoms with Crippen LogP contribution in [0.5, 0.6) is 5.75 Å². The van der Waals surface area contributed by atoms with Gasteiger partial charge < -0.3 is 15.0 Å². The molecule has 1 heterocycles. The lowest BCUT2D eigenvalue weighted by Crippen LogP contribution is -2.37. The maximum atomic E-state index is 12.5. The molecule has 1 aliphatic heterocycles. The molecule has 2 aromatic rings. The standard InChI is InChI=1S/C21H24N2O3/c1-4-26-19-7-5-18(6-8-19)23-13-17(12-20(23)24)22-21(25)16-10-14(2)9-15(3)11-16/h5-11,17H,4,12-13H2,1-3H3,(H,22,25). The first kappa shape index (κ1) is 18.0. The number of nitrogens with one attached hydrogen (secondary N) is 1. The first-order valence-electron chi connectivity index (χ1n) is 8.88. The van der Waals surface area contributed by atoms with E-state index in [9.17, 15) is 9.59 Å². The number of carbonyl (C=O) groups excluding carboxylic acids is 2. The number of nitrogens with zero attached hydrogens (tertiary/aromatic N) is 1. The van der Waals surface area contributed by atoms with Crippen molar-refractivity contribution in [2.24, 2.45) is 0 Å². The third kappa shape index (κ3) is 4.04. The van der Waals surface area contributed by atoms with Gasteiger partial charge >= 0.3 is 0 Å². The van der Waals surface area contributed by atoms with E-state index in [4.69, 9.17) is 4.74 Å². The highest BCUT2D eigenvalue weighted by molar-refractivity contribution is 5.99. The third-order valence-corrected chi connectivity index (χ3v) is 4.40. The van der Waals surface area contributed by atoms with Gasteiger partial charge in [-0.15, -0.1) is 0 Å². The fourth-order valence-electron chi connectivity index (χ4n) is 3.32. The van der Waals surface area contributed by atoms with E-state index in [0.717, 1.165) is 22.6 Å². The van der Waals surface area contributed by atoms with E-state index < -0.39 is 0 Å². The molecule has 1 saturated heterocycles. The van der Waals surface area contributed by atoms with Crippen molar-refractivity contribution in [2.45, 2.75) is 33.2 Å². The first-order chi connectivity index (χ1) is 12.5. The van der Waals surface area contributed by atoms with Crippen LogP contribution in [0.3, 0.4) is 0 Å². The molecular formula is C21H24N2O3. The summed E-state index contributed by atoms with van der Waals surface area (Å²) in [7, 11) is 0. The summed E-state index contributed by atoms with van der Waals surface area (Å²) in [6.45, 7) is 6.95. The van der Waals surface area contributed by atoms with Gasteiger partial charge in [0.25, 0.3) is 5.91 Å². The average molecular weight is 352 g/mol. The van der Waals surface area contributed by atoms with E-state index in [-0.39, 0.29) is 17.9 Å². The molecule has 2 amide bonds. The zero-order valence-corrected chi connectivity index (χ0v) is 15.4. The normalized spacial score (nSPS) is 16.7. The van der Waals surface area contributed by atoms with Crippen LogP contribution < -0.4 is 15.0 Å². The van der Waals surface area contributed by atoms with Crippen molar-refractivity contribution in [1.82, 2.24) is 5.32 Å². The molecule has 1 fully saturated rings. The van der Waals surface area contributed by atoms with Gasteiger partial charge in [-0.25, -0.2) is 0 Å². The van der Waals surface area contributed by atoms with Crippen molar-refractivity contribution >= 4 is 17.5 Å². The average Bonchev–Trinajstić information content (AvgIpc) is 2.95. The van der Waals surface area contributed by atoms with Gasteiger partial charge in [-0.1, -0.05) is 17.2 Å². The number of carbonyl (C=O) groups is 2. The molecule has 0 radical (unpaired) electrons. The number of ether oxygens (including phenoxy) is 1. The van der Waals surface area contributed by atoms with E-state index in [2.05, 4.69) is 5.32 Å². The van der Waals surface area contributed by atoms with Crippen LogP contribution in [0, 0.1) is 13.8 Å². The molecule has 0 bridgehead atoms. The summed E-state index contributed by atoms with van der Waals surface area (Å²) in [5.41, 5.74) is 3.55. The highest BCUT2D eigenvalue weighted by Gasteiger charge is 2.31. The molecule has 0 spiro atoms. The number of aryl methyl sites for hydroxylation is 2. The number of anilines is 1. The Morgan fingerprint density at radius 2 is 1.81 bits per heavy atom. The Hall–Kier alpha value is -2.82. The van der Waals surface area contributed by atoms with E-state index >= 15 is 0 Å². The van der Waals surface area contributed by atoms with Gasteiger partial charge in [0.05, 0.1) is 12.6 Å². The molecule has 0 aliphatic carbocycles. The molecule has 5 nitrogen and oxygen atoms in total. The SMILES string of the molecule is CCOc1ccc(N2CC(NC(=O)c3cc(C)cc(C)c3)CC2=O)cc1. The second-order valence-corrected chi connectivity index (χ2v) is 6.68. The van der Waals surface area contributed by atoms with Gasteiger partial charge in [0.1, 0.15) is 5.75 Å². The number of rotatable bonds is 5. The Kier molecular flexibility index (Phi) is 5.26. The summed E-state index contributed by atoms with van der Waals surface area (Å²) in [5, 5.41) is 2.99. The van der Waals surface area contributed by atoms with Crippen LogP contribution in [0.2, 0.25) is 0 Å². The minimum atomic E-state index is -0.192. The zero-order chi connectivity index (χ0) is 18.7. The third-order valence-electron chi connectivity index (χ3n) is 4.40. The van der Waals surface area contributed by atoms with Gasteiger partial charge in [-0.2, -0.15) is 0 Å². The van der Waals surface area contributed by atoms with Crippen molar-refractivity contribution in [1.29, 1.82) is 0 Å². The van der Waals surface area contributed by atoms with E-state index in [1.165, 1.54) is 0 Å². The number of hydrogen-bond acceptors (Lipinski definition) is 3. The maximum Gasteiger partial charge on any atom is 0.251 e. The molecule has 1 aliphatic rings. The molecule has 3 rings (SSSR count). The summed E-state index contributed by atoms with van der Waals surface area (Å²) >= 11 is 0. The Labute approximate surface area is 154 Å². The van der Waals surface area contributed by atoms with Gasteiger partial charge in [0, 0.05) is 24.2 Å². The minimum absolute atomic E-state index is 0.0138. The number of benzene rings is 2. The Balaban J connectivity index is 1.66. The number of amides is 2. The van der Waals surface area contributed by atoms with Crippen molar-refractivity contribution in [2.75, 3.05) is 18.1 Å². The largest absolute Gasteiger partial charge is 0.494 e. The lowest BCUT2D eigenvalue weighted by molar-refractivity contribution is -0.117. The van der Waals surface area contributed by atoms with E-state index in [0.29, 0.717) is 25.1 Å². The molecule has 136 valence electrons. The molecule has 5 heteroatoms. The summed E-state index contributed by atoms with van der Waals surface area (Å²) in [4.78, 5) is 26.6. The van der Waals surface area contributed by atoms with Crippen LogP contribution in [-0.4, -0.2) is 31.0 Å². The molecular weight excluding hydrogens is 328 g/mol. The highest BCUT2D eigenvalue weighted by Crippen LogP contribution is 2.24. The summed E-state index contributed by atoms with van der Waals surface area (Å²) in [5.74, 6) is 0.658. The fraction of sp³-hybridized carbons (Fsp3) is 0.333. The molecule has 0 aromatic heterocycles. The fourth-order valence-corrected chi connectivity index (χ4v) is 3.32. The van der Waals surface area contributed by atoms with Crippen molar-refractivity contribution in [3.05, 3.63) is 59.2 Å². The molecule has 0 saturated carbocycles. The predicted molar refractivity (Wildman–Crippen MR) is 102 cm³/mol. The zero-order valence-electron chi connectivity index (χ0n) is 15.4. The van der Waals surface area contributed by atoms with Crippen LogP contribution in [-0.2, 0) is 4.79 Å². The Morgan fingerprint density at radius 3 is 2.42 bits per heavy atom. The van der Waals surface area contributed by atoms with Gasteiger partial charge in [-0.3, -0.25) is 9.59 Å². The second kappa shape index (κ2) is 7.60. The van der Waals surface area contributed by atoms with Crippen LogP contribution in [0.1, 0.15) is 34.8 Å². The van der Waals surface area contributed by atoms with Crippen LogP contribution in [0.25, 0.3) is 0 Å². The van der Waals surface area contributed by atoms with E-state index in [1.807, 2.05) is 63.2 Å². The van der Waals surface area contributed by atoms with Crippen LogP contribution >= 0.6 is 0 Å². The molecule has 2 aromatic carbocycles. The molecule has 26 heavy (non-hydrogen) atoms. The quantitative estimate of drug-likeness (QED) is 0.899. The number of hydrogen-bond donors (Lipinski definition) is 1. The van der Waals surface area contributed by atoms with E-state index in [1.54, 1.807) is 4.90 Å². The lowest BCUT2D eigenvalue weighted by atomic mass is 10.1. The van der Waals surface area contributed by atoms with Gasteiger partial charge in [0.2, 0.25) is 5.91 Å². The minimum Gasteiger partial charge on any atom is -0.494 e. The maximum absolute atomic E-state index is 12.5. The Morgan fingerprint density at radius 1 is 1.15 bits per heavy atom. The summed E-state index contributed by atoms with van der Waals surface area (Å²) in [6.07, 6.45) is 0.309. The smallest absolute Gasteiger partial charge is 0.251 e. The van der Waals surface area contributed by atoms with Crippen molar-refractivity contribution in [3.63, 3.8) is 0 Å². The molecule has 1 unspecified atom stereocenters. The second-order valence-electron chi connectivity index (χ2n) is 6.68. The highest BCUT2D eigenvalue weighted by atomic mass is 16.5. The monoisotopic (exact) mass is 352 g/mol. The Bertz CT molecular complexity index is 794. The topological polar surface area (TPSA) is 58.6 Å². The predicted octanol–water partition coefficient (Wildman–Crippen LogP) is 3.24. The van der Waals surface area contributed by atoms with Crippen LogP contribution in [0.15, 0.2) is 42.5 Å². The summed E-state index contributed by atoms with van der Waals surface area (Å²) < 4.78 is 5.43. The molecule has 1 N–H and O–H groups in total.